The number of carbonyl (C=O) groups excluding carboxylic acids is 2. The number of esters is 1. The van der Waals surface area contributed by atoms with Gasteiger partial charge in [-0.25, -0.2) is 14.8 Å². The molecule has 0 radical (unpaired) electrons. The summed E-state index contributed by atoms with van der Waals surface area (Å²) in [6, 6.07) is 0. The molecule has 0 saturated carbocycles. The van der Waals surface area contributed by atoms with E-state index in [0.29, 0.717) is 33.5 Å². The lowest BCUT2D eigenvalue weighted by Crippen LogP contribution is -2.33. The highest BCUT2D eigenvalue weighted by molar-refractivity contribution is 7.19. The number of thiazole rings is 1. The van der Waals surface area contributed by atoms with Crippen LogP contribution in [-0.4, -0.2) is 52.0 Å². The highest BCUT2D eigenvalue weighted by Gasteiger charge is 2.24. The van der Waals surface area contributed by atoms with Crippen molar-refractivity contribution in [2.45, 2.75) is 52.6 Å². The summed E-state index contributed by atoms with van der Waals surface area (Å²) in [6.07, 6.45) is 4.04. The molecule has 3 aromatic rings. The van der Waals surface area contributed by atoms with Crippen LogP contribution in [0.15, 0.2) is 4.79 Å². The zero-order valence-electron chi connectivity index (χ0n) is 19.2. The van der Waals surface area contributed by atoms with Crippen molar-refractivity contribution >= 4 is 49.9 Å². The van der Waals surface area contributed by atoms with Crippen molar-refractivity contribution in [3.8, 4) is 0 Å². The molecule has 33 heavy (non-hydrogen) atoms. The number of hydrogen-bond acceptors (Lipinski definition) is 9. The smallest absolute Gasteiger partial charge is 0.350 e. The number of ether oxygens (including phenoxy) is 1. The standard InChI is InChI=1S/C22H27N5O4S2/c1-5-31-21(30)18-12(2)23-22(33-18)25-16(28)11-27-15(10-26(3)4)24-19-17(20(27)29)13-8-6-7-9-14(13)32-19/h5-11H2,1-4H3,(H,23,25,28). The van der Waals surface area contributed by atoms with Crippen molar-refractivity contribution in [3.05, 3.63) is 37.2 Å². The lowest BCUT2D eigenvalue weighted by molar-refractivity contribution is -0.116. The first-order valence-electron chi connectivity index (χ1n) is 10.9. The molecular formula is C22H27N5O4S2. The van der Waals surface area contributed by atoms with Gasteiger partial charge in [0.2, 0.25) is 5.91 Å². The summed E-state index contributed by atoms with van der Waals surface area (Å²) in [5.41, 5.74) is 1.42. The van der Waals surface area contributed by atoms with E-state index in [2.05, 4.69) is 10.3 Å². The van der Waals surface area contributed by atoms with E-state index in [1.807, 2.05) is 19.0 Å². The Hall–Kier alpha value is -2.63. The van der Waals surface area contributed by atoms with Gasteiger partial charge in [0, 0.05) is 4.88 Å². The maximum atomic E-state index is 13.5. The molecule has 4 rings (SSSR count). The molecule has 0 unspecified atom stereocenters. The molecule has 1 N–H and O–H groups in total. The Kier molecular flexibility index (Phi) is 6.91. The second-order valence-electron chi connectivity index (χ2n) is 8.25. The van der Waals surface area contributed by atoms with Crippen molar-refractivity contribution in [2.24, 2.45) is 0 Å². The number of anilines is 1. The topological polar surface area (TPSA) is 106 Å². The van der Waals surface area contributed by atoms with Crippen LogP contribution in [0.5, 0.6) is 0 Å². The van der Waals surface area contributed by atoms with E-state index < -0.39 is 11.9 Å². The van der Waals surface area contributed by atoms with Gasteiger partial charge in [-0.3, -0.25) is 14.2 Å². The predicted octanol–water partition coefficient (Wildman–Crippen LogP) is 2.98. The van der Waals surface area contributed by atoms with Crippen LogP contribution >= 0.6 is 22.7 Å². The van der Waals surface area contributed by atoms with Crippen LogP contribution in [0.1, 0.15) is 51.4 Å². The van der Waals surface area contributed by atoms with E-state index in [1.165, 1.54) is 9.44 Å². The minimum atomic E-state index is -0.464. The van der Waals surface area contributed by atoms with E-state index in [-0.39, 0.29) is 18.7 Å². The summed E-state index contributed by atoms with van der Waals surface area (Å²) in [4.78, 5) is 51.8. The minimum absolute atomic E-state index is 0.172. The third kappa shape index (κ3) is 4.85. The van der Waals surface area contributed by atoms with Crippen LogP contribution < -0.4 is 10.9 Å². The fourth-order valence-corrected chi connectivity index (χ4v) is 6.13. The molecule has 0 saturated heterocycles. The molecule has 176 valence electrons. The number of rotatable bonds is 7. The fourth-order valence-electron chi connectivity index (χ4n) is 3.99. The van der Waals surface area contributed by atoms with E-state index in [4.69, 9.17) is 9.72 Å². The lowest BCUT2D eigenvalue weighted by Gasteiger charge is -2.16. The quantitative estimate of drug-likeness (QED) is 0.509. The molecule has 0 atom stereocenters. The summed E-state index contributed by atoms with van der Waals surface area (Å²) in [5, 5.41) is 3.67. The van der Waals surface area contributed by atoms with E-state index in [0.717, 1.165) is 47.4 Å². The summed E-state index contributed by atoms with van der Waals surface area (Å²) in [5.74, 6) is -0.310. The van der Waals surface area contributed by atoms with Crippen LogP contribution in [0.4, 0.5) is 5.13 Å². The molecule has 3 aromatic heterocycles. The fraction of sp³-hybridized carbons (Fsp3) is 0.500. The molecule has 11 heteroatoms. The van der Waals surface area contributed by atoms with Crippen molar-refractivity contribution in [3.63, 3.8) is 0 Å². The number of nitrogens with one attached hydrogen (secondary N) is 1. The lowest BCUT2D eigenvalue weighted by atomic mass is 9.97. The molecule has 1 aliphatic carbocycles. The van der Waals surface area contributed by atoms with E-state index >= 15 is 0 Å². The van der Waals surface area contributed by atoms with Gasteiger partial charge in [0.15, 0.2) is 5.13 Å². The number of nitrogens with zero attached hydrogens (tertiary/aromatic N) is 4. The third-order valence-electron chi connectivity index (χ3n) is 5.42. The van der Waals surface area contributed by atoms with Gasteiger partial charge in [0.1, 0.15) is 22.1 Å². The second kappa shape index (κ2) is 9.70. The molecular weight excluding hydrogens is 462 g/mol. The number of amides is 1. The Labute approximate surface area is 199 Å². The third-order valence-corrected chi connectivity index (χ3v) is 7.66. The Morgan fingerprint density at radius 1 is 1.18 bits per heavy atom. The Morgan fingerprint density at radius 2 is 1.94 bits per heavy atom. The molecule has 3 heterocycles. The molecule has 0 fully saturated rings. The van der Waals surface area contributed by atoms with Crippen molar-refractivity contribution in [2.75, 3.05) is 26.0 Å². The normalized spacial score (nSPS) is 13.4. The van der Waals surface area contributed by atoms with Gasteiger partial charge in [0.25, 0.3) is 5.56 Å². The summed E-state index contributed by atoms with van der Waals surface area (Å²) in [6.45, 7) is 3.94. The second-order valence-corrected chi connectivity index (χ2v) is 10.3. The van der Waals surface area contributed by atoms with E-state index in [9.17, 15) is 14.4 Å². The number of carbonyl (C=O) groups is 2. The zero-order chi connectivity index (χ0) is 23.7. The molecule has 1 amide bonds. The predicted molar refractivity (Wildman–Crippen MR) is 129 cm³/mol. The molecule has 0 aromatic carbocycles. The van der Waals surface area contributed by atoms with Gasteiger partial charge >= 0.3 is 5.97 Å². The van der Waals surface area contributed by atoms with Gasteiger partial charge in [-0.1, -0.05) is 11.3 Å². The van der Waals surface area contributed by atoms with Crippen LogP contribution in [0, 0.1) is 6.92 Å². The SMILES string of the molecule is CCOC(=O)c1sc(NC(=O)Cn2c(CN(C)C)nc3sc4c(c3c2=O)CCCC4)nc1C. The first-order valence-corrected chi connectivity index (χ1v) is 12.5. The Bertz CT molecular complexity index is 1270. The number of aromatic nitrogens is 3. The number of thiophene rings is 1. The number of aryl methyl sites for hydroxylation is 3. The van der Waals surface area contributed by atoms with Crippen LogP contribution in [0.2, 0.25) is 0 Å². The number of fused-ring (bicyclic) bond motifs is 3. The van der Waals surface area contributed by atoms with Crippen molar-refractivity contribution < 1.29 is 14.3 Å². The van der Waals surface area contributed by atoms with Gasteiger partial charge in [-0.05, 0) is 59.2 Å². The monoisotopic (exact) mass is 489 g/mol. The van der Waals surface area contributed by atoms with Crippen molar-refractivity contribution in [1.82, 2.24) is 19.4 Å². The summed E-state index contributed by atoms with van der Waals surface area (Å²) < 4.78 is 6.50. The number of hydrogen-bond donors (Lipinski definition) is 1. The molecule has 0 aliphatic heterocycles. The minimum Gasteiger partial charge on any atom is -0.462 e. The maximum Gasteiger partial charge on any atom is 0.350 e. The van der Waals surface area contributed by atoms with Gasteiger partial charge < -0.3 is 15.0 Å². The van der Waals surface area contributed by atoms with Gasteiger partial charge in [0.05, 0.1) is 24.2 Å². The first-order chi connectivity index (χ1) is 15.8. The highest BCUT2D eigenvalue weighted by Crippen LogP contribution is 2.34. The largest absolute Gasteiger partial charge is 0.462 e. The highest BCUT2D eigenvalue weighted by atomic mass is 32.1. The average Bonchev–Trinajstić information content (AvgIpc) is 3.30. The average molecular weight is 490 g/mol. The molecule has 9 nitrogen and oxygen atoms in total. The zero-order valence-corrected chi connectivity index (χ0v) is 20.8. The Balaban J connectivity index is 1.65. The van der Waals surface area contributed by atoms with Gasteiger partial charge in [-0.2, -0.15) is 0 Å². The molecule has 1 aliphatic rings. The maximum absolute atomic E-state index is 13.5. The molecule has 0 spiro atoms. The summed E-state index contributed by atoms with van der Waals surface area (Å²) in [7, 11) is 3.80. The van der Waals surface area contributed by atoms with E-state index in [1.54, 1.807) is 25.2 Å². The van der Waals surface area contributed by atoms with Gasteiger partial charge in [-0.15, -0.1) is 11.3 Å². The molecule has 0 bridgehead atoms. The van der Waals surface area contributed by atoms with Crippen LogP contribution in [0.3, 0.4) is 0 Å². The van der Waals surface area contributed by atoms with Crippen molar-refractivity contribution in [1.29, 1.82) is 0 Å². The summed E-state index contributed by atoms with van der Waals surface area (Å²) >= 11 is 2.66. The van der Waals surface area contributed by atoms with Crippen LogP contribution in [0.25, 0.3) is 10.2 Å². The first kappa shape index (κ1) is 23.5. The Morgan fingerprint density at radius 3 is 2.67 bits per heavy atom. The van der Waals surface area contributed by atoms with Crippen LogP contribution in [-0.2, 0) is 35.5 Å².